The van der Waals surface area contributed by atoms with E-state index in [1.54, 1.807) is 0 Å². The molecule has 4 aliphatic rings. The molecule has 0 amide bonds. The van der Waals surface area contributed by atoms with Crippen LogP contribution in [0.3, 0.4) is 0 Å². The van der Waals surface area contributed by atoms with Gasteiger partial charge < -0.3 is 9.47 Å². The number of carbonyl (C=O) groups is 1. The lowest BCUT2D eigenvalue weighted by Gasteiger charge is -2.47. The van der Waals surface area contributed by atoms with Crippen molar-refractivity contribution in [1.29, 1.82) is 0 Å². The highest BCUT2D eigenvalue weighted by molar-refractivity contribution is 5.90. The van der Waals surface area contributed by atoms with Gasteiger partial charge >= 0.3 is 5.97 Å². The molecular weight excluding hydrogens is 228 g/mol. The van der Waals surface area contributed by atoms with E-state index in [2.05, 4.69) is 32.6 Å². The molecular formula is C15H18O3. The number of hydrogen-bond acceptors (Lipinski definition) is 3. The summed E-state index contributed by atoms with van der Waals surface area (Å²) in [6, 6.07) is 0. The first-order chi connectivity index (χ1) is 8.44. The van der Waals surface area contributed by atoms with Gasteiger partial charge in [-0.25, -0.2) is 4.79 Å². The van der Waals surface area contributed by atoms with Crippen molar-refractivity contribution in [3.05, 3.63) is 24.3 Å². The van der Waals surface area contributed by atoms with Gasteiger partial charge in [0.05, 0.1) is 5.60 Å². The molecule has 18 heavy (non-hydrogen) atoms. The van der Waals surface area contributed by atoms with Crippen LogP contribution in [0.1, 0.15) is 26.7 Å². The Balaban J connectivity index is 1.73. The Hall–Kier alpha value is -1.09. The summed E-state index contributed by atoms with van der Waals surface area (Å²) in [4.78, 5) is 11.7. The second-order valence-corrected chi connectivity index (χ2v) is 6.66. The van der Waals surface area contributed by atoms with E-state index >= 15 is 0 Å². The monoisotopic (exact) mass is 246 g/mol. The molecule has 2 aliphatic heterocycles. The smallest absolute Gasteiger partial charge is 0.334 e. The van der Waals surface area contributed by atoms with Crippen LogP contribution >= 0.6 is 0 Å². The van der Waals surface area contributed by atoms with Crippen molar-refractivity contribution in [3.8, 4) is 0 Å². The van der Waals surface area contributed by atoms with E-state index in [0.29, 0.717) is 11.5 Å². The van der Waals surface area contributed by atoms with Gasteiger partial charge in [0.25, 0.3) is 0 Å². The van der Waals surface area contributed by atoms with E-state index in [1.807, 2.05) is 0 Å². The largest absolute Gasteiger partial charge is 0.458 e. The molecule has 0 aromatic heterocycles. The fourth-order valence-corrected chi connectivity index (χ4v) is 4.38. The standard InChI is InChI=1S/C15H18O3/c1-8-9-6-11-14(2,7-10(9)17-13(8)16)5-4-12-15(11,3)18-12/h4-5,9-12H,1,6-7H2,2-3H3. The van der Waals surface area contributed by atoms with Crippen molar-refractivity contribution in [2.45, 2.75) is 44.5 Å². The molecule has 6 unspecified atom stereocenters. The molecule has 0 N–H and O–H groups in total. The number of epoxide rings is 1. The van der Waals surface area contributed by atoms with Crippen molar-refractivity contribution < 1.29 is 14.3 Å². The summed E-state index contributed by atoms with van der Waals surface area (Å²) in [5.41, 5.74) is 0.728. The zero-order chi connectivity index (χ0) is 12.7. The molecule has 2 aliphatic carbocycles. The lowest BCUT2D eigenvalue weighted by Crippen LogP contribution is -2.47. The van der Waals surface area contributed by atoms with Gasteiger partial charge in [-0.2, -0.15) is 0 Å². The zero-order valence-corrected chi connectivity index (χ0v) is 10.8. The number of rotatable bonds is 0. The molecule has 6 atom stereocenters. The van der Waals surface area contributed by atoms with Crippen LogP contribution < -0.4 is 0 Å². The summed E-state index contributed by atoms with van der Waals surface area (Å²) in [5.74, 6) is 0.464. The first-order valence-electron chi connectivity index (χ1n) is 6.71. The lowest BCUT2D eigenvalue weighted by atomic mass is 9.56. The Morgan fingerprint density at radius 2 is 2.22 bits per heavy atom. The van der Waals surface area contributed by atoms with Crippen LogP contribution in [0.5, 0.6) is 0 Å². The molecule has 0 bridgehead atoms. The Morgan fingerprint density at radius 1 is 1.44 bits per heavy atom. The Kier molecular flexibility index (Phi) is 1.74. The lowest BCUT2D eigenvalue weighted by molar-refractivity contribution is -0.141. The van der Waals surface area contributed by atoms with Crippen molar-refractivity contribution in [1.82, 2.24) is 0 Å². The third-order valence-corrected chi connectivity index (χ3v) is 5.58. The molecule has 3 heteroatoms. The predicted octanol–water partition coefficient (Wildman–Crippen LogP) is 2.23. The first-order valence-corrected chi connectivity index (χ1v) is 6.71. The van der Waals surface area contributed by atoms with Gasteiger partial charge in [0.15, 0.2) is 0 Å². The number of fused-ring (bicyclic) bond motifs is 4. The Morgan fingerprint density at radius 3 is 3.00 bits per heavy atom. The average Bonchev–Trinajstić information content (AvgIpc) is 2.91. The Bertz CT molecular complexity index is 494. The fraction of sp³-hybridized carbons (Fsp3) is 0.667. The summed E-state index contributed by atoms with van der Waals surface area (Å²) >= 11 is 0. The predicted molar refractivity (Wildman–Crippen MR) is 65.8 cm³/mol. The van der Waals surface area contributed by atoms with E-state index in [-0.39, 0.29) is 35.1 Å². The van der Waals surface area contributed by atoms with Gasteiger partial charge in [0.2, 0.25) is 0 Å². The molecule has 4 rings (SSSR count). The second kappa shape index (κ2) is 2.90. The van der Waals surface area contributed by atoms with Gasteiger partial charge in [-0.15, -0.1) is 0 Å². The average molecular weight is 246 g/mol. The minimum Gasteiger partial charge on any atom is -0.458 e. The molecule has 96 valence electrons. The quantitative estimate of drug-likeness (QED) is 0.285. The van der Waals surface area contributed by atoms with E-state index in [4.69, 9.17) is 9.47 Å². The second-order valence-electron chi connectivity index (χ2n) is 6.66. The van der Waals surface area contributed by atoms with Gasteiger partial charge in [-0.3, -0.25) is 0 Å². The third-order valence-electron chi connectivity index (χ3n) is 5.58. The van der Waals surface area contributed by atoms with E-state index in [9.17, 15) is 4.79 Å². The van der Waals surface area contributed by atoms with Crippen LogP contribution in [0.15, 0.2) is 24.3 Å². The normalized spacial score (nSPS) is 56.6. The maximum atomic E-state index is 11.7. The van der Waals surface area contributed by atoms with Crippen molar-refractivity contribution in [3.63, 3.8) is 0 Å². The Labute approximate surface area is 107 Å². The van der Waals surface area contributed by atoms with E-state index in [0.717, 1.165) is 12.8 Å². The van der Waals surface area contributed by atoms with E-state index in [1.165, 1.54) is 0 Å². The van der Waals surface area contributed by atoms with Crippen molar-refractivity contribution in [2.75, 3.05) is 0 Å². The van der Waals surface area contributed by atoms with Crippen LogP contribution in [0.2, 0.25) is 0 Å². The van der Waals surface area contributed by atoms with Gasteiger partial charge in [0.1, 0.15) is 12.2 Å². The van der Waals surface area contributed by atoms with Crippen molar-refractivity contribution in [2.24, 2.45) is 17.3 Å². The topological polar surface area (TPSA) is 38.8 Å². The third kappa shape index (κ3) is 1.11. The molecule has 0 spiro atoms. The fourth-order valence-electron chi connectivity index (χ4n) is 4.38. The molecule has 3 nitrogen and oxygen atoms in total. The number of esters is 1. The van der Waals surface area contributed by atoms with Crippen LogP contribution in [0.25, 0.3) is 0 Å². The van der Waals surface area contributed by atoms with Crippen LogP contribution in [-0.4, -0.2) is 23.8 Å². The molecule has 0 aromatic rings. The number of carbonyl (C=O) groups excluding carboxylic acids is 1. The van der Waals surface area contributed by atoms with Crippen LogP contribution in [-0.2, 0) is 14.3 Å². The van der Waals surface area contributed by atoms with Gasteiger partial charge in [0, 0.05) is 17.4 Å². The number of hydrogen-bond donors (Lipinski definition) is 0. The minimum absolute atomic E-state index is 0.0230. The van der Waals surface area contributed by atoms with Gasteiger partial charge in [-0.1, -0.05) is 25.7 Å². The molecule has 2 saturated heterocycles. The molecule has 2 heterocycles. The van der Waals surface area contributed by atoms with E-state index < -0.39 is 0 Å². The van der Waals surface area contributed by atoms with Crippen LogP contribution in [0.4, 0.5) is 0 Å². The summed E-state index contributed by atoms with van der Waals surface area (Å²) in [6.45, 7) is 8.37. The summed E-state index contributed by atoms with van der Waals surface area (Å²) in [5, 5.41) is 0. The zero-order valence-electron chi connectivity index (χ0n) is 10.8. The summed E-state index contributed by atoms with van der Waals surface area (Å²) in [7, 11) is 0. The maximum absolute atomic E-state index is 11.7. The van der Waals surface area contributed by atoms with Crippen molar-refractivity contribution >= 4 is 5.97 Å². The number of allylic oxidation sites excluding steroid dienone is 1. The highest BCUT2D eigenvalue weighted by Gasteiger charge is 2.66. The number of ether oxygens (including phenoxy) is 2. The highest BCUT2D eigenvalue weighted by Crippen LogP contribution is 2.62. The summed E-state index contributed by atoms with van der Waals surface area (Å²) in [6.07, 6.45) is 6.62. The molecule has 0 aromatic carbocycles. The SMILES string of the molecule is C=C1C(=O)OC2CC3(C)C=CC4OC4(C)C3CC12. The first kappa shape index (κ1) is 10.8. The minimum atomic E-state index is -0.199. The molecule has 1 saturated carbocycles. The highest BCUT2D eigenvalue weighted by atomic mass is 16.6. The summed E-state index contributed by atoms with van der Waals surface area (Å²) < 4.78 is 11.3. The van der Waals surface area contributed by atoms with Gasteiger partial charge in [-0.05, 0) is 25.2 Å². The molecule has 3 fully saturated rings. The maximum Gasteiger partial charge on any atom is 0.334 e. The van der Waals surface area contributed by atoms with Crippen LogP contribution in [0, 0.1) is 17.3 Å². The molecule has 0 radical (unpaired) electrons.